The molecule has 1 aliphatic heterocycles. The fraction of sp³-hybridized carbons (Fsp3) is 0.800. The third-order valence-electron chi connectivity index (χ3n) is 4.76. The highest BCUT2D eigenvalue weighted by Gasteiger charge is 2.34. The lowest BCUT2D eigenvalue weighted by atomic mass is 9.86. The van der Waals surface area contributed by atoms with Crippen LogP contribution in [0.4, 0.5) is 0 Å². The molecule has 1 saturated heterocycles. The van der Waals surface area contributed by atoms with Crippen LogP contribution in [0.3, 0.4) is 0 Å². The molecule has 1 aliphatic rings. The number of hydrogen-bond donors (Lipinski definition) is 1. The highest BCUT2D eigenvalue weighted by molar-refractivity contribution is 7.11. The molecular weight excluding hydrogens is 254 g/mol. The summed E-state index contributed by atoms with van der Waals surface area (Å²) in [5.41, 5.74) is 0. The zero-order valence-electron chi connectivity index (χ0n) is 12.8. The van der Waals surface area contributed by atoms with Gasteiger partial charge in [0, 0.05) is 29.7 Å². The van der Waals surface area contributed by atoms with Crippen LogP contribution in [-0.4, -0.2) is 35.6 Å². The van der Waals surface area contributed by atoms with E-state index in [0.29, 0.717) is 24.0 Å². The highest BCUT2D eigenvalue weighted by atomic mass is 32.1. The second-order valence-corrected chi connectivity index (χ2v) is 6.86. The van der Waals surface area contributed by atoms with Gasteiger partial charge in [-0.1, -0.05) is 13.8 Å². The van der Waals surface area contributed by atoms with E-state index < -0.39 is 0 Å². The highest BCUT2D eigenvalue weighted by Crippen LogP contribution is 2.33. The Labute approximate surface area is 121 Å². The SMILES string of the molecule is CCc1cnc(C(C)N2CCC(NC)C(C)C2C)s1. The summed E-state index contributed by atoms with van der Waals surface area (Å²) in [4.78, 5) is 8.64. The molecule has 0 spiro atoms. The minimum Gasteiger partial charge on any atom is -0.317 e. The van der Waals surface area contributed by atoms with E-state index in [9.17, 15) is 0 Å². The first kappa shape index (κ1) is 14.9. The lowest BCUT2D eigenvalue weighted by Gasteiger charge is -2.45. The van der Waals surface area contributed by atoms with Gasteiger partial charge in [0.2, 0.25) is 0 Å². The number of aromatic nitrogens is 1. The molecule has 1 fully saturated rings. The zero-order valence-corrected chi connectivity index (χ0v) is 13.6. The van der Waals surface area contributed by atoms with Crippen LogP contribution in [-0.2, 0) is 6.42 Å². The average Bonchev–Trinajstić information content (AvgIpc) is 2.90. The Morgan fingerprint density at radius 2 is 2.26 bits per heavy atom. The monoisotopic (exact) mass is 281 g/mol. The summed E-state index contributed by atoms with van der Waals surface area (Å²) in [5.74, 6) is 0.687. The quantitative estimate of drug-likeness (QED) is 0.919. The smallest absolute Gasteiger partial charge is 0.110 e. The molecule has 19 heavy (non-hydrogen) atoms. The Morgan fingerprint density at radius 3 is 2.84 bits per heavy atom. The molecule has 2 heterocycles. The van der Waals surface area contributed by atoms with Gasteiger partial charge in [-0.25, -0.2) is 4.98 Å². The molecule has 0 aliphatic carbocycles. The predicted molar refractivity (Wildman–Crippen MR) is 82.7 cm³/mol. The molecule has 108 valence electrons. The van der Waals surface area contributed by atoms with Crippen LogP contribution in [0.2, 0.25) is 0 Å². The van der Waals surface area contributed by atoms with Crippen molar-refractivity contribution in [1.29, 1.82) is 0 Å². The molecule has 2 rings (SSSR count). The number of likely N-dealkylation sites (tertiary alicyclic amines) is 1. The molecule has 1 aromatic heterocycles. The van der Waals surface area contributed by atoms with E-state index >= 15 is 0 Å². The fourth-order valence-electron chi connectivity index (χ4n) is 3.17. The van der Waals surface area contributed by atoms with Gasteiger partial charge in [0.15, 0.2) is 0 Å². The van der Waals surface area contributed by atoms with Gasteiger partial charge < -0.3 is 5.32 Å². The largest absolute Gasteiger partial charge is 0.317 e. The first-order valence-corrected chi connectivity index (χ1v) is 8.27. The van der Waals surface area contributed by atoms with Gasteiger partial charge in [-0.3, -0.25) is 4.90 Å². The summed E-state index contributed by atoms with van der Waals surface area (Å²) < 4.78 is 0. The van der Waals surface area contributed by atoms with Crippen molar-refractivity contribution < 1.29 is 0 Å². The van der Waals surface area contributed by atoms with Crippen LogP contribution in [0.5, 0.6) is 0 Å². The number of nitrogens with zero attached hydrogens (tertiary/aromatic N) is 2. The van der Waals surface area contributed by atoms with Crippen molar-refractivity contribution in [2.24, 2.45) is 5.92 Å². The summed E-state index contributed by atoms with van der Waals surface area (Å²) in [6.07, 6.45) is 4.38. The minimum absolute atomic E-state index is 0.445. The Bertz CT molecular complexity index is 404. The van der Waals surface area contributed by atoms with Crippen molar-refractivity contribution in [3.05, 3.63) is 16.1 Å². The van der Waals surface area contributed by atoms with Crippen LogP contribution in [0, 0.1) is 5.92 Å². The Hall–Kier alpha value is -0.450. The number of thiazole rings is 1. The summed E-state index contributed by atoms with van der Waals surface area (Å²) >= 11 is 1.88. The lowest BCUT2D eigenvalue weighted by Crippen LogP contribution is -2.53. The summed E-state index contributed by atoms with van der Waals surface area (Å²) in [6, 6.07) is 1.71. The van der Waals surface area contributed by atoms with Crippen LogP contribution in [0.15, 0.2) is 6.20 Å². The molecular formula is C15H27N3S. The van der Waals surface area contributed by atoms with Gasteiger partial charge in [-0.05, 0) is 39.7 Å². The third kappa shape index (κ3) is 3.01. The summed E-state index contributed by atoms with van der Waals surface area (Å²) in [6.45, 7) is 10.4. The molecule has 0 radical (unpaired) electrons. The topological polar surface area (TPSA) is 28.2 Å². The second-order valence-electron chi connectivity index (χ2n) is 5.72. The third-order valence-corrected chi connectivity index (χ3v) is 6.07. The van der Waals surface area contributed by atoms with E-state index in [1.807, 2.05) is 17.5 Å². The van der Waals surface area contributed by atoms with Gasteiger partial charge in [0.05, 0.1) is 6.04 Å². The fourth-order valence-corrected chi connectivity index (χ4v) is 4.10. The van der Waals surface area contributed by atoms with Gasteiger partial charge in [-0.15, -0.1) is 11.3 Å². The first-order chi connectivity index (χ1) is 9.08. The van der Waals surface area contributed by atoms with Crippen molar-refractivity contribution in [2.75, 3.05) is 13.6 Å². The maximum absolute atomic E-state index is 4.62. The van der Waals surface area contributed by atoms with Crippen LogP contribution in [0.25, 0.3) is 0 Å². The summed E-state index contributed by atoms with van der Waals surface area (Å²) in [5, 5.41) is 4.73. The lowest BCUT2D eigenvalue weighted by molar-refractivity contribution is 0.0544. The van der Waals surface area contributed by atoms with E-state index in [2.05, 4.69) is 49.9 Å². The number of piperidine rings is 1. The molecule has 1 N–H and O–H groups in total. The molecule has 0 saturated carbocycles. The molecule has 0 aromatic carbocycles. The molecule has 0 bridgehead atoms. The van der Waals surface area contributed by atoms with Crippen molar-refractivity contribution in [3.8, 4) is 0 Å². The van der Waals surface area contributed by atoms with Crippen molar-refractivity contribution in [3.63, 3.8) is 0 Å². The van der Waals surface area contributed by atoms with Gasteiger partial charge in [0.1, 0.15) is 5.01 Å². The minimum atomic E-state index is 0.445. The van der Waals surface area contributed by atoms with Crippen LogP contribution in [0.1, 0.15) is 50.0 Å². The van der Waals surface area contributed by atoms with E-state index in [-0.39, 0.29) is 0 Å². The van der Waals surface area contributed by atoms with Gasteiger partial charge in [-0.2, -0.15) is 0 Å². The zero-order chi connectivity index (χ0) is 14.0. The van der Waals surface area contributed by atoms with Gasteiger partial charge in [0.25, 0.3) is 0 Å². The molecule has 1 aromatic rings. The molecule has 4 unspecified atom stereocenters. The molecule has 4 atom stereocenters. The van der Waals surface area contributed by atoms with Crippen LogP contribution >= 0.6 is 11.3 Å². The molecule has 0 amide bonds. The molecule has 3 nitrogen and oxygen atoms in total. The Balaban J connectivity index is 2.09. The first-order valence-electron chi connectivity index (χ1n) is 7.46. The number of nitrogens with one attached hydrogen (secondary N) is 1. The average molecular weight is 281 g/mol. The number of hydrogen-bond acceptors (Lipinski definition) is 4. The maximum Gasteiger partial charge on any atom is 0.110 e. The van der Waals surface area contributed by atoms with E-state index in [0.717, 1.165) is 6.42 Å². The van der Waals surface area contributed by atoms with Crippen LogP contribution < -0.4 is 5.32 Å². The van der Waals surface area contributed by atoms with E-state index in [1.54, 1.807) is 0 Å². The maximum atomic E-state index is 4.62. The van der Waals surface area contributed by atoms with Crippen molar-refractivity contribution in [1.82, 2.24) is 15.2 Å². The number of aryl methyl sites for hydroxylation is 1. The van der Waals surface area contributed by atoms with Crippen molar-refractivity contribution in [2.45, 2.75) is 58.7 Å². The van der Waals surface area contributed by atoms with E-state index in [1.165, 1.54) is 22.9 Å². The van der Waals surface area contributed by atoms with E-state index in [4.69, 9.17) is 0 Å². The van der Waals surface area contributed by atoms with Gasteiger partial charge >= 0.3 is 0 Å². The Kier molecular flexibility index (Phi) is 4.98. The Morgan fingerprint density at radius 1 is 1.53 bits per heavy atom. The standard InChI is InChI=1S/C15H27N3S/c1-6-13-9-17-15(19-13)12(4)18-8-7-14(16-5)10(2)11(18)3/h9-12,14,16H,6-8H2,1-5H3. The molecule has 4 heteroatoms. The van der Waals surface area contributed by atoms with Crippen molar-refractivity contribution >= 4 is 11.3 Å². The summed E-state index contributed by atoms with van der Waals surface area (Å²) in [7, 11) is 2.08. The predicted octanol–water partition coefficient (Wildman–Crippen LogP) is 3.08. The second kappa shape index (κ2) is 6.33. The number of rotatable bonds is 4. The normalized spacial score (nSPS) is 30.5.